The average Bonchev–Trinajstić information content (AvgIpc) is 2.66. The van der Waals surface area contributed by atoms with Crippen molar-refractivity contribution < 1.29 is 28.2 Å². The normalized spacial score (nSPS) is 24.0. The highest BCUT2D eigenvalue weighted by Crippen LogP contribution is 2.45. The van der Waals surface area contributed by atoms with Crippen LogP contribution in [0.15, 0.2) is 46.8 Å². The van der Waals surface area contributed by atoms with E-state index in [0.29, 0.717) is 23.4 Å². The van der Waals surface area contributed by atoms with Crippen molar-refractivity contribution in [2.45, 2.75) is 33.1 Å². The van der Waals surface area contributed by atoms with Crippen LogP contribution in [0.2, 0.25) is 0 Å². The first kappa shape index (κ1) is 20.8. The Morgan fingerprint density at radius 1 is 1.31 bits per heavy atom. The summed E-state index contributed by atoms with van der Waals surface area (Å²) < 4.78 is 24.1. The molecule has 154 valence electrons. The number of nitrogens with one attached hydrogen (secondary N) is 1. The standard InChI is InChI=1S/C22H24FNO5/c1-5-29-22(27)17-12(3)24-15-9-11(2)16(21(26)28-4)20(25)19(15)18(17)13-7-6-8-14(23)10-13/h6-8,10-11,16,18,24H,5,9H2,1-4H3/t11-,16+,18+/m1/s1. The summed E-state index contributed by atoms with van der Waals surface area (Å²) in [5.41, 5.74) is 2.17. The molecule has 2 aliphatic rings. The fourth-order valence-corrected chi connectivity index (χ4v) is 4.18. The Hall–Kier alpha value is -2.96. The van der Waals surface area contributed by atoms with E-state index < -0.39 is 35.4 Å². The molecule has 1 aliphatic carbocycles. The third-order valence-electron chi connectivity index (χ3n) is 5.42. The van der Waals surface area contributed by atoms with Crippen LogP contribution < -0.4 is 5.32 Å². The fraction of sp³-hybridized carbons (Fsp3) is 0.409. The van der Waals surface area contributed by atoms with Crippen molar-refractivity contribution in [1.82, 2.24) is 5.32 Å². The van der Waals surface area contributed by atoms with E-state index in [9.17, 15) is 18.8 Å². The van der Waals surface area contributed by atoms with E-state index in [2.05, 4.69) is 5.32 Å². The first-order valence-corrected chi connectivity index (χ1v) is 9.55. The molecule has 1 aromatic rings. The molecule has 3 atom stereocenters. The van der Waals surface area contributed by atoms with Crippen molar-refractivity contribution in [2.24, 2.45) is 11.8 Å². The van der Waals surface area contributed by atoms with Gasteiger partial charge in [0.1, 0.15) is 11.7 Å². The SMILES string of the molecule is CCOC(=O)C1=C(C)NC2=C(C(=O)[C@@H](C(=O)OC)[C@H](C)C2)[C@H]1c1cccc(F)c1. The van der Waals surface area contributed by atoms with Gasteiger partial charge in [0, 0.05) is 22.9 Å². The summed E-state index contributed by atoms with van der Waals surface area (Å²) in [6.45, 7) is 5.38. The van der Waals surface area contributed by atoms with Crippen LogP contribution in [-0.4, -0.2) is 31.4 Å². The Morgan fingerprint density at radius 3 is 2.66 bits per heavy atom. The van der Waals surface area contributed by atoms with E-state index in [4.69, 9.17) is 9.47 Å². The van der Waals surface area contributed by atoms with Crippen LogP contribution in [-0.2, 0) is 23.9 Å². The molecule has 7 heteroatoms. The van der Waals surface area contributed by atoms with Crippen molar-refractivity contribution in [2.75, 3.05) is 13.7 Å². The number of carbonyl (C=O) groups excluding carboxylic acids is 3. The van der Waals surface area contributed by atoms with Gasteiger partial charge < -0.3 is 14.8 Å². The molecule has 0 unspecified atom stereocenters. The summed E-state index contributed by atoms with van der Waals surface area (Å²) in [5.74, 6) is -4.17. The minimum absolute atomic E-state index is 0.160. The maximum absolute atomic E-state index is 14.0. The number of ether oxygens (including phenoxy) is 2. The number of hydrogen-bond acceptors (Lipinski definition) is 6. The summed E-state index contributed by atoms with van der Waals surface area (Å²) in [6, 6.07) is 5.78. The Bertz CT molecular complexity index is 933. The van der Waals surface area contributed by atoms with E-state index in [-0.39, 0.29) is 23.7 Å². The quantitative estimate of drug-likeness (QED) is 0.617. The molecule has 0 aromatic heterocycles. The summed E-state index contributed by atoms with van der Waals surface area (Å²) in [6.07, 6.45) is 0.431. The van der Waals surface area contributed by atoms with Crippen LogP contribution in [0.5, 0.6) is 0 Å². The van der Waals surface area contributed by atoms with Crippen molar-refractivity contribution in [3.05, 3.63) is 58.2 Å². The number of ketones is 1. The van der Waals surface area contributed by atoms with Crippen molar-refractivity contribution >= 4 is 17.7 Å². The van der Waals surface area contributed by atoms with E-state index in [1.165, 1.54) is 25.3 Å². The van der Waals surface area contributed by atoms with Gasteiger partial charge in [0.25, 0.3) is 0 Å². The first-order chi connectivity index (χ1) is 13.8. The Morgan fingerprint density at radius 2 is 2.03 bits per heavy atom. The fourth-order valence-electron chi connectivity index (χ4n) is 4.18. The van der Waals surface area contributed by atoms with Gasteiger partial charge in [-0.3, -0.25) is 9.59 Å². The summed E-state index contributed by atoms with van der Waals surface area (Å²) in [4.78, 5) is 38.5. The van der Waals surface area contributed by atoms with E-state index in [1.54, 1.807) is 19.9 Å². The zero-order chi connectivity index (χ0) is 21.3. The molecule has 1 aromatic carbocycles. The van der Waals surface area contributed by atoms with E-state index >= 15 is 0 Å². The minimum atomic E-state index is -0.974. The second-order valence-electron chi connectivity index (χ2n) is 7.31. The number of carbonyl (C=O) groups is 3. The largest absolute Gasteiger partial charge is 0.468 e. The molecule has 0 saturated heterocycles. The number of esters is 2. The van der Waals surface area contributed by atoms with Gasteiger partial charge in [-0.15, -0.1) is 0 Å². The molecule has 3 rings (SSSR count). The molecule has 0 spiro atoms. The first-order valence-electron chi connectivity index (χ1n) is 9.55. The molecule has 0 radical (unpaired) electrons. The second-order valence-corrected chi connectivity index (χ2v) is 7.31. The molecule has 0 amide bonds. The molecule has 1 N–H and O–H groups in total. The Balaban J connectivity index is 2.19. The molecule has 6 nitrogen and oxygen atoms in total. The second kappa shape index (κ2) is 8.19. The maximum atomic E-state index is 14.0. The highest BCUT2D eigenvalue weighted by molar-refractivity contribution is 6.12. The van der Waals surface area contributed by atoms with E-state index in [0.717, 1.165) is 0 Å². The maximum Gasteiger partial charge on any atom is 0.336 e. The molecule has 0 fully saturated rings. The highest BCUT2D eigenvalue weighted by Gasteiger charge is 2.47. The van der Waals surface area contributed by atoms with E-state index in [1.807, 2.05) is 6.92 Å². The van der Waals surface area contributed by atoms with Crippen LogP contribution in [0.1, 0.15) is 38.7 Å². The monoisotopic (exact) mass is 401 g/mol. The number of benzene rings is 1. The number of dihydropyridines is 1. The van der Waals surface area contributed by atoms with Crippen LogP contribution >= 0.6 is 0 Å². The molecule has 0 bridgehead atoms. The third-order valence-corrected chi connectivity index (χ3v) is 5.42. The molecular formula is C22H24FNO5. The lowest BCUT2D eigenvalue weighted by Gasteiger charge is -2.38. The lowest BCUT2D eigenvalue weighted by atomic mass is 9.69. The number of Topliss-reactive ketones (excluding diaryl/α,β-unsaturated/α-hetero) is 1. The molecule has 1 heterocycles. The van der Waals surface area contributed by atoms with Crippen LogP contribution in [0.3, 0.4) is 0 Å². The van der Waals surface area contributed by atoms with Crippen LogP contribution in [0, 0.1) is 17.7 Å². The molecular weight excluding hydrogens is 377 g/mol. The van der Waals surface area contributed by atoms with Crippen LogP contribution in [0.4, 0.5) is 4.39 Å². The molecule has 1 aliphatic heterocycles. The zero-order valence-electron chi connectivity index (χ0n) is 16.9. The van der Waals surface area contributed by atoms with Gasteiger partial charge >= 0.3 is 11.9 Å². The number of rotatable bonds is 4. The van der Waals surface area contributed by atoms with Crippen molar-refractivity contribution in [3.63, 3.8) is 0 Å². The lowest BCUT2D eigenvalue weighted by Crippen LogP contribution is -2.43. The predicted molar refractivity (Wildman–Crippen MR) is 103 cm³/mol. The summed E-state index contributed by atoms with van der Waals surface area (Å²) in [5, 5.41) is 3.15. The minimum Gasteiger partial charge on any atom is -0.468 e. The summed E-state index contributed by atoms with van der Waals surface area (Å²) >= 11 is 0. The van der Waals surface area contributed by atoms with Gasteiger partial charge in [-0.05, 0) is 43.9 Å². The predicted octanol–water partition coefficient (Wildman–Crippen LogP) is 3.00. The third kappa shape index (κ3) is 3.69. The number of hydrogen-bond donors (Lipinski definition) is 1. The van der Waals surface area contributed by atoms with Gasteiger partial charge in [-0.25, -0.2) is 9.18 Å². The molecule has 0 saturated carbocycles. The highest BCUT2D eigenvalue weighted by atomic mass is 19.1. The van der Waals surface area contributed by atoms with Gasteiger partial charge in [0.15, 0.2) is 5.78 Å². The Labute approximate surface area is 168 Å². The smallest absolute Gasteiger partial charge is 0.336 e. The summed E-state index contributed by atoms with van der Waals surface area (Å²) in [7, 11) is 1.24. The number of allylic oxidation sites excluding steroid dienone is 3. The number of halogens is 1. The topological polar surface area (TPSA) is 81.7 Å². The number of methoxy groups -OCH3 is 1. The van der Waals surface area contributed by atoms with Gasteiger partial charge in [0.05, 0.1) is 19.3 Å². The van der Waals surface area contributed by atoms with Gasteiger partial charge in [-0.1, -0.05) is 19.1 Å². The Kier molecular flexibility index (Phi) is 5.86. The lowest BCUT2D eigenvalue weighted by molar-refractivity contribution is -0.151. The zero-order valence-corrected chi connectivity index (χ0v) is 16.9. The van der Waals surface area contributed by atoms with Gasteiger partial charge in [-0.2, -0.15) is 0 Å². The van der Waals surface area contributed by atoms with Gasteiger partial charge in [0.2, 0.25) is 0 Å². The average molecular weight is 401 g/mol. The van der Waals surface area contributed by atoms with Crippen LogP contribution in [0.25, 0.3) is 0 Å². The van der Waals surface area contributed by atoms with Crippen molar-refractivity contribution in [3.8, 4) is 0 Å². The molecule has 29 heavy (non-hydrogen) atoms. The van der Waals surface area contributed by atoms with Crippen molar-refractivity contribution in [1.29, 1.82) is 0 Å².